The molecule has 0 bridgehead atoms. The predicted octanol–water partition coefficient (Wildman–Crippen LogP) is 1.66. The molecule has 0 saturated heterocycles. The lowest BCUT2D eigenvalue weighted by atomic mass is 10.2. The van der Waals surface area contributed by atoms with E-state index < -0.39 is 0 Å². The van der Waals surface area contributed by atoms with E-state index in [2.05, 4.69) is 5.32 Å². The summed E-state index contributed by atoms with van der Waals surface area (Å²) in [5, 5.41) is 3.71. The Bertz CT molecular complexity index is 762. The van der Waals surface area contributed by atoms with E-state index in [1.165, 1.54) is 11.6 Å². The fourth-order valence-electron chi connectivity index (χ4n) is 1.96. The molecule has 0 saturated carbocycles. The van der Waals surface area contributed by atoms with Crippen LogP contribution in [-0.4, -0.2) is 9.13 Å². The summed E-state index contributed by atoms with van der Waals surface area (Å²) in [6.07, 6.45) is 1.54. The lowest BCUT2D eigenvalue weighted by molar-refractivity contribution is 0.671. The molecule has 1 heterocycles. The van der Waals surface area contributed by atoms with Crippen LogP contribution in [0.15, 0.2) is 34.0 Å². The van der Waals surface area contributed by atoms with Crippen LogP contribution < -0.4 is 16.6 Å². The average molecular weight is 294 g/mol. The van der Waals surface area contributed by atoms with Gasteiger partial charge in [-0.15, -0.1) is 0 Å². The molecule has 2 aromatic rings. The van der Waals surface area contributed by atoms with E-state index in [1.54, 1.807) is 13.2 Å². The van der Waals surface area contributed by atoms with Crippen molar-refractivity contribution < 1.29 is 0 Å². The van der Waals surface area contributed by atoms with Crippen molar-refractivity contribution in [2.45, 2.75) is 13.5 Å². The number of rotatable bonds is 3. The number of nitrogens with zero attached hydrogens (tertiary/aromatic N) is 2. The Morgan fingerprint density at radius 3 is 2.60 bits per heavy atom. The molecule has 0 atom stereocenters. The number of benzene rings is 1. The topological polar surface area (TPSA) is 56.0 Å². The van der Waals surface area contributed by atoms with Crippen molar-refractivity contribution in [1.29, 1.82) is 0 Å². The smallest absolute Gasteiger partial charge is 0.330 e. The number of hydrogen-bond donors (Lipinski definition) is 1. The SMILES string of the molecule is Cc1ccc(NCc2cn(C)c(=O)n(C)c2=O)c(Cl)c1. The first-order chi connectivity index (χ1) is 9.40. The van der Waals surface area contributed by atoms with E-state index in [0.29, 0.717) is 17.1 Å². The van der Waals surface area contributed by atoms with E-state index in [-0.39, 0.29) is 11.2 Å². The summed E-state index contributed by atoms with van der Waals surface area (Å²) in [4.78, 5) is 23.6. The van der Waals surface area contributed by atoms with Gasteiger partial charge in [0.15, 0.2) is 0 Å². The van der Waals surface area contributed by atoms with Gasteiger partial charge in [0, 0.05) is 26.8 Å². The molecule has 20 heavy (non-hydrogen) atoms. The van der Waals surface area contributed by atoms with Gasteiger partial charge in [-0.2, -0.15) is 0 Å². The third kappa shape index (κ3) is 2.77. The van der Waals surface area contributed by atoms with Crippen LogP contribution in [0, 0.1) is 6.92 Å². The molecule has 0 radical (unpaired) electrons. The van der Waals surface area contributed by atoms with Crippen molar-refractivity contribution in [1.82, 2.24) is 9.13 Å². The van der Waals surface area contributed by atoms with Gasteiger partial charge in [0.25, 0.3) is 5.56 Å². The zero-order valence-corrected chi connectivity index (χ0v) is 12.4. The predicted molar refractivity (Wildman–Crippen MR) is 80.4 cm³/mol. The monoisotopic (exact) mass is 293 g/mol. The zero-order valence-electron chi connectivity index (χ0n) is 11.6. The fourth-order valence-corrected chi connectivity index (χ4v) is 2.26. The van der Waals surface area contributed by atoms with E-state index in [4.69, 9.17) is 11.6 Å². The highest BCUT2D eigenvalue weighted by Gasteiger charge is 2.07. The number of nitrogens with one attached hydrogen (secondary N) is 1. The summed E-state index contributed by atoms with van der Waals surface area (Å²) >= 11 is 6.12. The molecule has 6 heteroatoms. The highest BCUT2D eigenvalue weighted by atomic mass is 35.5. The van der Waals surface area contributed by atoms with Crippen molar-refractivity contribution in [3.8, 4) is 0 Å². The van der Waals surface area contributed by atoms with Gasteiger partial charge < -0.3 is 9.88 Å². The van der Waals surface area contributed by atoms with Crippen molar-refractivity contribution in [3.63, 3.8) is 0 Å². The Labute approximate surface area is 121 Å². The maximum absolute atomic E-state index is 12.0. The summed E-state index contributed by atoms with van der Waals surface area (Å²) in [5.74, 6) is 0. The minimum Gasteiger partial charge on any atom is -0.379 e. The van der Waals surface area contributed by atoms with Crippen molar-refractivity contribution in [3.05, 3.63) is 61.4 Å². The number of halogens is 1. The Morgan fingerprint density at radius 1 is 1.25 bits per heavy atom. The molecule has 0 aliphatic rings. The second-order valence-corrected chi connectivity index (χ2v) is 5.16. The molecule has 0 amide bonds. The summed E-state index contributed by atoms with van der Waals surface area (Å²) in [6, 6.07) is 5.65. The standard InChI is InChI=1S/C14H16ClN3O2/c1-9-4-5-12(11(15)6-9)16-7-10-8-17(2)14(20)18(3)13(10)19/h4-6,8,16H,7H2,1-3H3. The maximum atomic E-state index is 12.0. The molecule has 5 nitrogen and oxygen atoms in total. The molecule has 1 aromatic heterocycles. The van der Waals surface area contributed by atoms with Crippen LogP contribution in [0.5, 0.6) is 0 Å². The van der Waals surface area contributed by atoms with Crippen LogP contribution in [-0.2, 0) is 20.6 Å². The lowest BCUT2D eigenvalue weighted by Gasteiger charge is -2.10. The third-order valence-corrected chi connectivity index (χ3v) is 3.42. The fraction of sp³-hybridized carbons (Fsp3) is 0.286. The van der Waals surface area contributed by atoms with E-state index in [1.807, 2.05) is 25.1 Å². The van der Waals surface area contributed by atoms with Gasteiger partial charge in [0.2, 0.25) is 0 Å². The second-order valence-electron chi connectivity index (χ2n) is 4.75. The van der Waals surface area contributed by atoms with Gasteiger partial charge in [-0.3, -0.25) is 9.36 Å². The van der Waals surface area contributed by atoms with Crippen LogP contribution in [0.4, 0.5) is 5.69 Å². The number of hydrogen-bond acceptors (Lipinski definition) is 3. The van der Waals surface area contributed by atoms with Gasteiger partial charge in [0.05, 0.1) is 16.3 Å². The molecule has 0 aliphatic heterocycles. The Hall–Kier alpha value is -2.01. The normalized spacial score (nSPS) is 10.6. The van der Waals surface area contributed by atoms with Gasteiger partial charge in [-0.1, -0.05) is 17.7 Å². The van der Waals surface area contributed by atoms with Gasteiger partial charge in [0.1, 0.15) is 0 Å². The van der Waals surface area contributed by atoms with E-state index in [0.717, 1.165) is 15.8 Å². The molecule has 0 aliphatic carbocycles. The van der Waals surface area contributed by atoms with Gasteiger partial charge in [-0.25, -0.2) is 4.79 Å². The van der Waals surface area contributed by atoms with Gasteiger partial charge in [-0.05, 0) is 24.6 Å². The maximum Gasteiger partial charge on any atom is 0.330 e. The number of anilines is 1. The minimum absolute atomic E-state index is 0.302. The first-order valence-corrected chi connectivity index (χ1v) is 6.53. The first-order valence-electron chi connectivity index (χ1n) is 6.15. The zero-order chi connectivity index (χ0) is 14.9. The summed E-state index contributed by atoms with van der Waals surface area (Å²) < 4.78 is 2.48. The van der Waals surface area contributed by atoms with Crippen LogP contribution in [0.3, 0.4) is 0 Å². The number of aryl methyl sites for hydroxylation is 2. The molecular weight excluding hydrogens is 278 g/mol. The van der Waals surface area contributed by atoms with Crippen LogP contribution in [0.2, 0.25) is 5.02 Å². The van der Waals surface area contributed by atoms with E-state index in [9.17, 15) is 9.59 Å². The Balaban J connectivity index is 2.28. The molecule has 1 N–H and O–H groups in total. The quantitative estimate of drug-likeness (QED) is 0.936. The molecule has 2 rings (SSSR count). The minimum atomic E-state index is -0.341. The number of aromatic nitrogens is 2. The van der Waals surface area contributed by atoms with Crippen LogP contribution >= 0.6 is 11.6 Å². The summed E-state index contributed by atoms with van der Waals surface area (Å²) in [5.41, 5.74) is 1.69. The molecule has 0 fully saturated rings. The Kier molecular flexibility index (Phi) is 3.99. The van der Waals surface area contributed by atoms with Crippen LogP contribution in [0.25, 0.3) is 0 Å². The molecular formula is C14H16ClN3O2. The molecule has 0 unspecified atom stereocenters. The highest BCUT2D eigenvalue weighted by molar-refractivity contribution is 6.33. The largest absolute Gasteiger partial charge is 0.379 e. The summed E-state index contributed by atoms with van der Waals surface area (Å²) in [7, 11) is 3.08. The third-order valence-electron chi connectivity index (χ3n) is 3.11. The van der Waals surface area contributed by atoms with Crippen LogP contribution in [0.1, 0.15) is 11.1 Å². The van der Waals surface area contributed by atoms with Crippen molar-refractivity contribution >= 4 is 17.3 Å². The van der Waals surface area contributed by atoms with Crippen molar-refractivity contribution in [2.24, 2.45) is 14.1 Å². The molecule has 0 spiro atoms. The average Bonchev–Trinajstić information content (AvgIpc) is 2.40. The highest BCUT2D eigenvalue weighted by Crippen LogP contribution is 2.22. The summed E-state index contributed by atoms with van der Waals surface area (Å²) in [6.45, 7) is 2.27. The van der Waals surface area contributed by atoms with Gasteiger partial charge >= 0.3 is 5.69 Å². The molecule has 1 aromatic carbocycles. The second kappa shape index (κ2) is 5.54. The molecule has 106 valence electrons. The van der Waals surface area contributed by atoms with Crippen molar-refractivity contribution in [2.75, 3.05) is 5.32 Å². The van der Waals surface area contributed by atoms with E-state index >= 15 is 0 Å². The Morgan fingerprint density at radius 2 is 1.95 bits per heavy atom. The lowest BCUT2D eigenvalue weighted by Crippen LogP contribution is -2.38. The first kappa shape index (κ1) is 14.4.